The number of nitrogens with zero attached hydrogens (tertiary/aromatic N) is 2. The minimum Gasteiger partial charge on any atom is -0.335 e. The van der Waals surface area contributed by atoms with Gasteiger partial charge in [-0.3, -0.25) is 9.97 Å². The molecule has 33 heavy (non-hydrogen) atoms. The Morgan fingerprint density at radius 3 is 2.24 bits per heavy atom. The van der Waals surface area contributed by atoms with Gasteiger partial charge in [0.05, 0.1) is 0 Å². The van der Waals surface area contributed by atoms with Crippen LogP contribution in [0, 0.1) is 11.3 Å². The normalized spacial score (nSPS) is 22.8. The van der Waals surface area contributed by atoms with Crippen LogP contribution in [0.15, 0.2) is 77.8 Å². The van der Waals surface area contributed by atoms with E-state index in [0.717, 1.165) is 35.2 Å². The molecule has 0 radical (unpaired) electrons. The molecule has 2 heterocycles. The van der Waals surface area contributed by atoms with E-state index < -0.39 is 0 Å². The number of carbonyl (C=O) groups is 1. The summed E-state index contributed by atoms with van der Waals surface area (Å²) < 4.78 is 1.02. The van der Waals surface area contributed by atoms with E-state index in [1.54, 1.807) is 12.4 Å². The largest absolute Gasteiger partial charge is 0.335 e. The summed E-state index contributed by atoms with van der Waals surface area (Å²) in [6.07, 6.45) is 13.2. The van der Waals surface area contributed by atoms with E-state index in [-0.39, 0.29) is 6.03 Å². The third kappa shape index (κ3) is 7.02. The third-order valence-corrected chi connectivity index (χ3v) is 7.10. The lowest BCUT2D eigenvalue weighted by atomic mass is 9.49. The standard InChI is InChI=1S/C21H24ClN3O.C5H4BrN/c22-18-5-3-15(4-6-18)14-24-20(26)25-19-11-21(12-19)9-17(10-21)8-16-2-1-7-23-13-16;6-5-2-1-3-7-4-5/h1-7,13,17,19H,8-12,14H2,(H2,24,25,26);1-4H. The summed E-state index contributed by atoms with van der Waals surface area (Å²) in [6, 6.07) is 15.8. The molecule has 7 heteroatoms. The van der Waals surface area contributed by atoms with Gasteiger partial charge in [-0.15, -0.1) is 0 Å². The van der Waals surface area contributed by atoms with Crippen LogP contribution in [0.4, 0.5) is 4.79 Å². The molecule has 0 aliphatic heterocycles. The van der Waals surface area contributed by atoms with E-state index in [0.29, 0.717) is 23.0 Å². The van der Waals surface area contributed by atoms with Gasteiger partial charge in [-0.05, 0) is 101 Å². The average Bonchev–Trinajstić information content (AvgIpc) is 2.77. The lowest BCUT2D eigenvalue weighted by Gasteiger charge is -2.58. The number of nitrogens with one attached hydrogen (secondary N) is 2. The van der Waals surface area contributed by atoms with Gasteiger partial charge in [-0.1, -0.05) is 29.8 Å². The van der Waals surface area contributed by atoms with Gasteiger partial charge in [0.1, 0.15) is 0 Å². The molecule has 172 valence electrons. The number of benzene rings is 1. The Morgan fingerprint density at radius 2 is 1.67 bits per heavy atom. The van der Waals surface area contributed by atoms with E-state index in [4.69, 9.17) is 11.6 Å². The van der Waals surface area contributed by atoms with Crippen LogP contribution >= 0.6 is 27.5 Å². The smallest absolute Gasteiger partial charge is 0.315 e. The van der Waals surface area contributed by atoms with Crippen LogP contribution in [-0.2, 0) is 13.0 Å². The molecule has 0 unspecified atom stereocenters. The van der Waals surface area contributed by atoms with E-state index >= 15 is 0 Å². The Balaban J connectivity index is 0.000000318. The fourth-order valence-electron chi connectivity index (χ4n) is 4.95. The van der Waals surface area contributed by atoms with E-state index in [1.807, 2.05) is 54.9 Å². The minimum atomic E-state index is -0.0777. The Kier molecular flexibility index (Phi) is 7.99. The van der Waals surface area contributed by atoms with Crippen molar-refractivity contribution >= 4 is 33.6 Å². The molecular weight excluding hydrogens is 500 g/mol. The topological polar surface area (TPSA) is 66.9 Å². The van der Waals surface area contributed by atoms with Gasteiger partial charge < -0.3 is 10.6 Å². The van der Waals surface area contributed by atoms with Crippen molar-refractivity contribution in [1.29, 1.82) is 0 Å². The fourth-order valence-corrected chi connectivity index (χ4v) is 5.34. The molecular formula is C26H28BrClN4O. The van der Waals surface area contributed by atoms with E-state index in [9.17, 15) is 4.79 Å². The Bertz CT molecular complexity index is 1020. The lowest BCUT2D eigenvalue weighted by Crippen LogP contribution is -2.57. The van der Waals surface area contributed by atoms with E-state index in [2.05, 4.69) is 42.6 Å². The van der Waals surface area contributed by atoms with Crippen LogP contribution < -0.4 is 10.6 Å². The molecule has 2 fully saturated rings. The predicted octanol–water partition coefficient (Wildman–Crippen LogP) is 6.18. The number of carbonyl (C=O) groups excluding carboxylic acids is 1. The minimum absolute atomic E-state index is 0.0777. The Morgan fingerprint density at radius 1 is 0.970 bits per heavy atom. The van der Waals surface area contributed by atoms with Crippen LogP contribution in [0.1, 0.15) is 36.8 Å². The third-order valence-electron chi connectivity index (χ3n) is 6.38. The maximum atomic E-state index is 12.1. The average molecular weight is 528 g/mol. The number of rotatable bonds is 5. The Labute approximate surface area is 208 Å². The predicted molar refractivity (Wildman–Crippen MR) is 135 cm³/mol. The molecule has 3 aromatic rings. The summed E-state index contributed by atoms with van der Waals surface area (Å²) in [5.74, 6) is 0.777. The SMILES string of the molecule is Brc1cccnc1.O=C(NCc1ccc(Cl)cc1)NC1CC2(CC(Cc3cccnc3)C2)C1. The highest BCUT2D eigenvalue weighted by Gasteiger charge is 2.52. The monoisotopic (exact) mass is 526 g/mol. The number of hydrogen-bond donors (Lipinski definition) is 2. The van der Waals surface area contributed by atoms with Crippen molar-refractivity contribution in [2.45, 2.75) is 44.7 Å². The first-order chi connectivity index (χ1) is 16.0. The number of amides is 2. The number of urea groups is 1. The zero-order valence-corrected chi connectivity index (χ0v) is 20.7. The summed E-state index contributed by atoms with van der Waals surface area (Å²) in [7, 11) is 0. The molecule has 1 spiro atoms. The summed E-state index contributed by atoms with van der Waals surface area (Å²) in [4.78, 5) is 20.1. The molecule has 2 aromatic heterocycles. The van der Waals surface area contributed by atoms with Gasteiger partial charge in [0.2, 0.25) is 0 Å². The molecule has 5 rings (SSSR count). The van der Waals surface area contributed by atoms with Gasteiger partial charge in [0.15, 0.2) is 0 Å². The first-order valence-electron chi connectivity index (χ1n) is 11.2. The van der Waals surface area contributed by atoms with Crippen LogP contribution in [0.3, 0.4) is 0 Å². The second-order valence-electron chi connectivity index (χ2n) is 9.07. The number of aromatic nitrogens is 2. The highest BCUT2D eigenvalue weighted by atomic mass is 79.9. The van der Waals surface area contributed by atoms with Crippen LogP contribution in [0.25, 0.3) is 0 Å². The molecule has 2 aliphatic carbocycles. The van der Waals surface area contributed by atoms with Crippen molar-refractivity contribution in [2.75, 3.05) is 0 Å². The van der Waals surface area contributed by atoms with Crippen molar-refractivity contribution in [3.63, 3.8) is 0 Å². The van der Waals surface area contributed by atoms with Crippen LogP contribution in [0.5, 0.6) is 0 Å². The molecule has 0 atom stereocenters. The number of pyridine rings is 2. The van der Waals surface area contributed by atoms with Crippen molar-refractivity contribution in [3.05, 3.63) is 93.9 Å². The first kappa shape index (κ1) is 23.7. The molecule has 5 nitrogen and oxygen atoms in total. The quantitative estimate of drug-likeness (QED) is 0.416. The highest BCUT2D eigenvalue weighted by molar-refractivity contribution is 9.10. The fraction of sp³-hybridized carbons (Fsp3) is 0.346. The zero-order chi connectivity index (χ0) is 23.1. The van der Waals surface area contributed by atoms with Crippen LogP contribution in [0.2, 0.25) is 5.02 Å². The second-order valence-corrected chi connectivity index (χ2v) is 10.4. The molecule has 1 aromatic carbocycles. The van der Waals surface area contributed by atoms with E-state index in [1.165, 1.54) is 18.4 Å². The van der Waals surface area contributed by atoms with Gasteiger partial charge in [0, 0.05) is 46.9 Å². The number of halogens is 2. The summed E-state index contributed by atoms with van der Waals surface area (Å²) in [5, 5.41) is 6.73. The maximum Gasteiger partial charge on any atom is 0.315 e. The van der Waals surface area contributed by atoms with Gasteiger partial charge in [-0.25, -0.2) is 4.79 Å². The lowest BCUT2D eigenvalue weighted by molar-refractivity contribution is -0.0454. The molecule has 0 bridgehead atoms. The molecule has 2 N–H and O–H groups in total. The zero-order valence-electron chi connectivity index (χ0n) is 18.4. The van der Waals surface area contributed by atoms with Crippen molar-refractivity contribution < 1.29 is 4.79 Å². The van der Waals surface area contributed by atoms with Crippen molar-refractivity contribution in [1.82, 2.24) is 20.6 Å². The summed E-state index contributed by atoms with van der Waals surface area (Å²) in [6.45, 7) is 0.522. The van der Waals surface area contributed by atoms with Crippen molar-refractivity contribution in [2.24, 2.45) is 11.3 Å². The molecule has 0 saturated heterocycles. The number of hydrogen-bond acceptors (Lipinski definition) is 3. The molecule has 2 amide bonds. The van der Waals surface area contributed by atoms with Gasteiger partial charge in [0.25, 0.3) is 0 Å². The highest BCUT2D eigenvalue weighted by Crippen LogP contribution is 2.59. The maximum absolute atomic E-state index is 12.1. The van der Waals surface area contributed by atoms with Crippen molar-refractivity contribution in [3.8, 4) is 0 Å². The summed E-state index contributed by atoms with van der Waals surface area (Å²) >= 11 is 9.12. The van der Waals surface area contributed by atoms with Gasteiger partial charge in [-0.2, -0.15) is 0 Å². The van der Waals surface area contributed by atoms with Crippen LogP contribution in [-0.4, -0.2) is 22.0 Å². The molecule has 2 aliphatic rings. The summed E-state index contributed by atoms with van der Waals surface area (Å²) in [5.41, 5.74) is 2.87. The first-order valence-corrected chi connectivity index (χ1v) is 12.4. The second kappa shape index (κ2) is 11.1. The Hall–Kier alpha value is -2.44. The molecule has 2 saturated carbocycles. The van der Waals surface area contributed by atoms with Gasteiger partial charge >= 0.3 is 6.03 Å².